The summed E-state index contributed by atoms with van der Waals surface area (Å²) in [4.78, 5) is 2.91. The van der Waals surface area contributed by atoms with Crippen LogP contribution in [0.4, 0.5) is 0 Å². The zero-order chi connectivity index (χ0) is 15.8. The smallest absolute Gasteiger partial charge is 0.0832 e. The molecule has 0 bridgehead atoms. The van der Waals surface area contributed by atoms with Crippen LogP contribution in [0.15, 0.2) is 53.6 Å². The van der Waals surface area contributed by atoms with E-state index in [9.17, 15) is 5.11 Å². The topological polar surface area (TPSA) is 73.9 Å². The average Bonchev–Trinajstić information content (AvgIpc) is 2.92. The van der Waals surface area contributed by atoms with Gasteiger partial charge in [0.1, 0.15) is 0 Å². The molecule has 116 valence electrons. The molecule has 0 spiro atoms. The molecule has 1 aliphatic rings. The molecule has 1 fully saturated rings. The van der Waals surface area contributed by atoms with Crippen LogP contribution < -0.4 is 0 Å². The first-order chi connectivity index (χ1) is 11.3. The fraction of sp³-hybridized carbons (Fsp3) is 0.333. The third-order valence-electron chi connectivity index (χ3n) is 4.94. The lowest BCUT2D eigenvalue weighted by atomic mass is 9.88. The highest BCUT2D eigenvalue weighted by Gasteiger charge is 2.33. The highest BCUT2D eigenvalue weighted by atomic mass is 16.3. The van der Waals surface area contributed by atoms with Crippen molar-refractivity contribution < 1.29 is 5.11 Å². The van der Waals surface area contributed by atoms with Gasteiger partial charge < -0.3 is 9.67 Å². The van der Waals surface area contributed by atoms with E-state index in [0.29, 0.717) is 0 Å². The number of hydrogen-bond acceptors (Lipinski definition) is 2. The van der Waals surface area contributed by atoms with Gasteiger partial charge in [-0.25, -0.2) is 0 Å². The number of nitrogens with zero attached hydrogens (tertiary/aromatic N) is 4. The number of aromatic nitrogens is 1. The van der Waals surface area contributed by atoms with Crippen molar-refractivity contribution in [1.29, 1.82) is 0 Å². The summed E-state index contributed by atoms with van der Waals surface area (Å²) in [7, 11) is 0. The van der Waals surface area contributed by atoms with Gasteiger partial charge in [0.25, 0.3) is 0 Å². The lowest BCUT2D eigenvalue weighted by molar-refractivity contribution is 0.0608. The monoisotopic (exact) mass is 306 g/mol. The molecule has 5 heteroatoms. The van der Waals surface area contributed by atoms with Crippen LogP contribution in [0.25, 0.3) is 32.2 Å². The zero-order valence-corrected chi connectivity index (χ0v) is 12.7. The Morgan fingerprint density at radius 2 is 1.61 bits per heavy atom. The second-order valence-electron chi connectivity index (χ2n) is 6.17. The first-order valence-corrected chi connectivity index (χ1v) is 8.01. The van der Waals surface area contributed by atoms with Gasteiger partial charge in [-0.1, -0.05) is 47.9 Å². The van der Waals surface area contributed by atoms with Crippen molar-refractivity contribution in [2.45, 2.75) is 37.5 Å². The highest BCUT2D eigenvalue weighted by Crippen LogP contribution is 2.38. The van der Waals surface area contributed by atoms with Crippen molar-refractivity contribution in [1.82, 2.24) is 4.57 Å². The second kappa shape index (κ2) is 5.61. The van der Waals surface area contributed by atoms with Crippen molar-refractivity contribution >= 4 is 21.8 Å². The number of aliphatic hydroxyl groups excluding tert-OH is 1. The number of para-hydroxylation sites is 2. The third kappa shape index (κ3) is 2.17. The lowest BCUT2D eigenvalue weighted by Gasteiger charge is -2.34. The maximum atomic E-state index is 10.8. The van der Waals surface area contributed by atoms with E-state index in [0.717, 1.165) is 30.3 Å². The number of fused-ring (bicyclic) bond motifs is 3. The van der Waals surface area contributed by atoms with E-state index in [2.05, 4.69) is 38.9 Å². The van der Waals surface area contributed by atoms with E-state index in [1.165, 1.54) is 10.8 Å². The fourth-order valence-corrected chi connectivity index (χ4v) is 3.92. The molecular formula is C18H18N4O. The van der Waals surface area contributed by atoms with E-state index in [-0.39, 0.29) is 12.1 Å². The summed E-state index contributed by atoms with van der Waals surface area (Å²) in [6, 6.07) is 16.2. The van der Waals surface area contributed by atoms with Gasteiger partial charge in [-0.3, -0.25) is 0 Å². The molecule has 0 amide bonds. The van der Waals surface area contributed by atoms with Gasteiger partial charge in [0.15, 0.2) is 0 Å². The summed E-state index contributed by atoms with van der Waals surface area (Å²) < 4.78 is 2.23. The van der Waals surface area contributed by atoms with Gasteiger partial charge in [-0.05, 0) is 30.5 Å². The van der Waals surface area contributed by atoms with Crippen molar-refractivity contribution in [2.24, 2.45) is 5.11 Å². The lowest BCUT2D eigenvalue weighted by Crippen LogP contribution is -2.37. The Balaban J connectivity index is 1.94. The molecule has 1 heterocycles. The molecular weight excluding hydrogens is 288 g/mol. The molecule has 4 rings (SSSR count). The molecule has 3 atom stereocenters. The average molecular weight is 306 g/mol. The number of aliphatic hydroxyl groups is 1. The summed E-state index contributed by atoms with van der Waals surface area (Å²) >= 11 is 0. The molecule has 2 aromatic carbocycles. The molecule has 23 heavy (non-hydrogen) atoms. The summed E-state index contributed by atoms with van der Waals surface area (Å²) in [6.45, 7) is 0. The van der Waals surface area contributed by atoms with Crippen LogP contribution in [0.2, 0.25) is 0 Å². The van der Waals surface area contributed by atoms with E-state index in [1.54, 1.807) is 0 Å². The predicted octanol–water partition coefficient (Wildman–Crippen LogP) is 4.56. The van der Waals surface area contributed by atoms with Crippen molar-refractivity contribution in [3.63, 3.8) is 0 Å². The zero-order valence-electron chi connectivity index (χ0n) is 12.7. The Morgan fingerprint density at radius 3 is 2.22 bits per heavy atom. The molecule has 5 nitrogen and oxygen atoms in total. The number of hydrogen-bond donors (Lipinski definition) is 1. The molecule has 1 saturated carbocycles. The van der Waals surface area contributed by atoms with Gasteiger partial charge in [0.2, 0.25) is 0 Å². The van der Waals surface area contributed by atoms with Crippen LogP contribution in [-0.4, -0.2) is 21.8 Å². The predicted molar refractivity (Wildman–Crippen MR) is 91.3 cm³/mol. The third-order valence-corrected chi connectivity index (χ3v) is 4.94. The standard InChI is InChI=1S/C18H18N4O/c19-21-20-14-8-5-11-17(18(14)23)22-15-9-3-1-6-12(15)13-7-2-4-10-16(13)22/h1-4,6-7,9-10,14,17-18,23H,5,8,11H2/t14-,17+,18-/m0/s1. The van der Waals surface area contributed by atoms with Crippen LogP contribution in [0, 0.1) is 0 Å². The van der Waals surface area contributed by atoms with Crippen LogP contribution in [0.3, 0.4) is 0 Å². The minimum atomic E-state index is -0.654. The molecule has 0 saturated heterocycles. The summed E-state index contributed by atoms with van der Waals surface area (Å²) in [5, 5.41) is 17.0. The van der Waals surface area contributed by atoms with Crippen molar-refractivity contribution in [3.8, 4) is 0 Å². The number of rotatable bonds is 2. The summed E-state index contributed by atoms with van der Waals surface area (Å²) in [6.07, 6.45) is 1.94. The van der Waals surface area contributed by atoms with Crippen LogP contribution in [0.1, 0.15) is 25.3 Å². The van der Waals surface area contributed by atoms with E-state index in [4.69, 9.17) is 5.53 Å². The van der Waals surface area contributed by atoms with Gasteiger partial charge in [0, 0.05) is 26.7 Å². The van der Waals surface area contributed by atoms with E-state index >= 15 is 0 Å². The Kier molecular flexibility index (Phi) is 3.45. The minimum absolute atomic E-state index is 0.0657. The SMILES string of the molecule is [N-]=[N+]=N[C@H]1CCC[C@@H](n2c3ccccc3c3ccccc32)[C@H]1O. The normalized spacial score (nSPS) is 24.7. The maximum Gasteiger partial charge on any atom is 0.0832 e. The van der Waals surface area contributed by atoms with Gasteiger partial charge in [-0.15, -0.1) is 0 Å². The first-order valence-electron chi connectivity index (χ1n) is 8.01. The molecule has 0 unspecified atom stereocenters. The fourth-order valence-electron chi connectivity index (χ4n) is 3.92. The van der Waals surface area contributed by atoms with E-state index in [1.807, 2.05) is 24.3 Å². The number of azide groups is 1. The second-order valence-corrected chi connectivity index (χ2v) is 6.17. The Labute approximate surface area is 133 Å². The molecule has 1 N–H and O–H groups in total. The maximum absolute atomic E-state index is 10.8. The Morgan fingerprint density at radius 1 is 1.00 bits per heavy atom. The van der Waals surface area contributed by atoms with Crippen LogP contribution >= 0.6 is 0 Å². The molecule has 1 aliphatic carbocycles. The quantitative estimate of drug-likeness (QED) is 0.420. The van der Waals surface area contributed by atoms with Crippen molar-refractivity contribution in [2.75, 3.05) is 0 Å². The Hall–Kier alpha value is -2.49. The number of benzene rings is 2. The molecule has 0 aliphatic heterocycles. The van der Waals surface area contributed by atoms with Gasteiger partial charge in [-0.2, -0.15) is 0 Å². The van der Waals surface area contributed by atoms with Gasteiger partial charge in [0.05, 0.1) is 18.2 Å². The van der Waals surface area contributed by atoms with Crippen LogP contribution in [-0.2, 0) is 0 Å². The summed E-state index contributed by atoms with van der Waals surface area (Å²) in [5.41, 5.74) is 11.0. The minimum Gasteiger partial charge on any atom is -0.391 e. The van der Waals surface area contributed by atoms with Crippen LogP contribution in [0.5, 0.6) is 0 Å². The summed E-state index contributed by atoms with van der Waals surface area (Å²) in [5.74, 6) is 0. The Bertz CT molecular complexity index is 856. The van der Waals surface area contributed by atoms with E-state index < -0.39 is 6.10 Å². The van der Waals surface area contributed by atoms with Crippen molar-refractivity contribution in [3.05, 3.63) is 59.0 Å². The van der Waals surface area contributed by atoms with Gasteiger partial charge >= 0.3 is 0 Å². The largest absolute Gasteiger partial charge is 0.391 e. The highest BCUT2D eigenvalue weighted by molar-refractivity contribution is 6.08. The first kappa shape index (κ1) is 14.1. The molecule has 0 radical (unpaired) electrons. The molecule has 3 aromatic rings. The molecule has 1 aromatic heterocycles.